The number of hydrogen-bond acceptors (Lipinski definition) is 4. The van der Waals surface area contributed by atoms with Crippen molar-refractivity contribution in [3.05, 3.63) is 84.0 Å². The molecule has 2 aliphatic rings. The van der Waals surface area contributed by atoms with Crippen LogP contribution in [0.15, 0.2) is 72.8 Å². The second-order valence-corrected chi connectivity index (χ2v) is 9.50. The highest BCUT2D eigenvalue weighted by Crippen LogP contribution is 2.19. The van der Waals surface area contributed by atoms with E-state index in [2.05, 4.69) is 10.6 Å². The van der Waals surface area contributed by atoms with Crippen LogP contribution in [0, 0.1) is 0 Å². The second-order valence-electron chi connectivity index (χ2n) is 9.50. The Kier molecular flexibility index (Phi) is 9.10. The molecule has 0 aliphatic carbocycles. The lowest BCUT2D eigenvalue weighted by molar-refractivity contribution is -0.136. The lowest BCUT2D eigenvalue weighted by Gasteiger charge is -2.23. The molecule has 2 unspecified atom stereocenters. The molecule has 2 heterocycles. The highest BCUT2D eigenvalue weighted by molar-refractivity contribution is 6.00. The van der Waals surface area contributed by atoms with E-state index in [0.717, 1.165) is 17.5 Å². The molecule has 4 rings (SSSR count). The summed E-state index contributed by atoms with van der Waals surface area (Å²) in [5.41, 5.74) is 3.24. The quantitative estimate of drug-likeness (QED) is 0.372. The van der Waals surface area contributed by atoms with E-state index in [-0.39, 0.29) is 23.6 Å². The predicted octanol–water partition coefficient (Wildman–Crippen LogP) is 4.48. The first-order valence-corrected chi connectivity index (χ1v) is 13.3. The number of nitrogens with zero attached hydrogens (tertiary/aromatic N) is 2. The summed E-state index contributed by atoms with van der Waals surface area (Å²) in [5, 5.41) is 5.78. The Morgan fingerprint density at radius 1 is 0.718 bits per heavy atom. The summed E-state index contributed by atoms with van der Waals surface area (Å²) in [6.45, 7) is 4.65. The Morgan fingerprint density at radius 2 is 1.15 bits per heavy atom. The smallest absolute Gasteiger partial charge is 0.251 e. The first-order valence-electron chi connectivity index (χ1n) is 13.3. The summed E-state index contributed by atoms with van der Waals surface area (Å²) < 4.78 is 0. The van der Waals surface area contributed by atoms with E-state index in [0.29, 0.717) is 37.3 Å². The molecule has 2 N–H and O–H groups in total. The number of hydrogen-bond donors (Lipinski definition) is 2. The van der Waals surface area contributed by atoms with Crippen LogP contribution < -0.4 is 10.6 Å². The first-order chi connectivity index (χ1) is 18.9. The average molecular weight is 527 g/mol. The van der Waals surface area contributed by atoms with Crippen molar-refractivity contribution >= 4 is 47.2 Å². The molecule has 39 heavy (non-hydrogen) atoms. The van der Waals surface area contributed by atoms with E-state index >= 15 is 0 Å². The van der Waals surface area contributed by atoms with Gasteiger partial charge in [-0.1, -0.05) is 74.6 Å². The molecule has 0 aromatic heterocycles. The topological polar surface area (TPSA) is 98.8 Å². The average Bonchev–Trinajstić information content (AvgIpc) is 3.64. The van der Waals surface area contributed by atoms with E-state index in [1.54, 1.807) is 28.9 Å². The lowest BCUT2D eigenvalue weighted by Crippen LogP contribution is -2.43. The molecular weight excluding hydrogens is 492 g/mol. The van der Waals surface area contributed by atoms with Gasteiger partial charge in [0.05, 0.1) is 0 Å². The van der Waals surface area contributed by atoms with Crippen molar-refractivity contribution in [2.24, 2.45) is 0 Å². The van der Waals surface area contributed by atoms with Crippen LogP contribution in [-0.4, -0.2) is 58.6 Å². The van der Waals surface area contributed by atoms with Crippen LogP contribution in [0.2, 0.25) is 0 Å². The van der Waals surface area contributed by atoms with Crippen LogP contribution >= 0.6 is 0 Å². The molecule has 2 atom stereocenters. The van der Waals surface area contributed by atoms with Crippen molar-refractivity contribution < 1.29 is 19.2 Å². The van der Waals surface area contributed by atoms with Gasteiger partial charge in [-0.15, -0.1) is 0 Å². The fourth-order valence-corrected chi connectivity index (χ4v) is 4.55. The summed E-state index contributed by atoms with van der Waals surface area (Å²) in [7, 11) is 0. The van der Waals surface area contributed by atoms with Gasteiger partial charge in [0.15, 0.2) is 0 Å². The maximum absolute atomic E-state index is 12.7. The third kappa shape index (κ3) is 6.90. The van der Waals surface area contributed by atoms with Gasteiger partial charge in [-0.25, -0.2) is 0 Å². The molecule has 0 fully saturated rings. The van der Waals surface area contributed by atoms with Crippen LogP contribution in [-0.2, 0) is 19.2 Å². The minimum atomic E-state index is -0.582. The van der Waals surface area contributed by atoms with Crippen molar-refractivity contribution in [1.29, 1.82) is 0 Å². The van der Waals surface area contributed by atoms with E-state index in [9.17, 15) is 19.2 Å². The largest absolute Gasteiger partial charge is 0.324 e. The van der Waals surface area contributed by atoms with Crippen molar-refractivity contribution in [2.75, 3.05) is 23.7 Å². The standard InChI is InChI=1S/C31H34N4O4/c1-3-7-29(37)35-21-6-9-27(35)31(39)33-25-18-14-23(15-19-25)11-10-22-12-16-24(17-13-22)32-30(38)26-8-5-20-34(26)28(36)4-2/h5-6,8-19,26-27H,3-4,7,20-21H2,1-2H3,(H,32,38)(H,33,39)/b11-10+. The van der Waals surface area contributed by atoms with E-state index in [1.807, 2.05) is 79.8 Å². The summed E-state index contributed by atoms with van der Waals surface area (Å²) >= 11 is 0. The van der Waals surface area contributed by atoms with Gasteiger partial charge in [0, 0.05) is 37.3 Å². The van der Waals surface area contributed by atoms with Crippen molar-refractivity contribution in [3.63, 3.8) is 0 Å². The lowest BCUT2D eigenvalue weighted by atomic mass is 10.1. The summed E-state index contributed by atoms with van der Waals surface area (Å²) in [6, 6.07) is 13.8. The summed E-state index contributed by atoms with van der Waals surface area (Å²) in [4.78, 5) is 52.9. The highest BCUT2D eigenvalue weighted by Gasteiger charge is 2.30. The molecule has 202 valence electrons. The SMILES string of the molecule is CCCC(=O)N1CC=CC1C(=O)Nc1ccc(/C=C/c2ccc(NC(=O)C3C=CCN3C(=O)CC)cc2)cc1. The second kappa shape index (κ2) is 12.9. The van der Waals surface area contributed by atoms with Crippen LogP contribution in [0.4, 0.5) is 11.4 Å². The number of carbonyl (C=O) groups excluding carboxylic acids is 4. The van der Waals surface area contributed by atoms with Gasteiger partial charge >= 0.3 is 0 Å². The van der Waals surface area contributed by atoms with Crippen LogP contribution in [0.5, 0.6) is 0 Å². The zero-order valence-corrected chi connectivity index (χ0v) is 22.3. The minimum absolute atomic E-state index is 0.0142. The zero-order valence-electron chi connectivity index (χ0n) is 22.3. The van der Waals surface area contributed by atoms with Gasteiger partial charge in [-0.3, -0.25) is 19.2 Å². The van der Waals surface area contributed by atoms with Gasteiger partial charge in [0.1, 0.15) is 12.1 Å². The molecule has 2 aromatic rings. The maximum Gasteiger partial charge on any atom is 0.251 e. The van der Waals surface area contributed by atoms with Gasteiger partial charge in [0.25, 0.3) is 11.8 Å². The number of anilines is 2. The zero-order chi connectivity index (χ0) is 27.8. The Morgan fingerprint density at radius 3 is 1.56 bits per heavy atom. The molecule has 0 radical (unpaired) electrons. The molecule has 0 spiro atoms. The fraction of sp³-hybridized carbons (Fsp3) is 0.290. The van der Waals surface area contributed by atoms with Crippen LogP contribution in [0.25, 0.3) is 12.2 Å². The van der Waals surface area contributed by atoms with Gasteiger partial charge in [-0.05, 0) is 41.8 Å². The van der Waals surface area contributed by atoms with Crippen molar-refractivity contribution in [3.8, 4) is 0 Å². The van der Waals surface area contributed by atoms with E-state index < -0.39 is 12.1 Å². The Bertz CT molecular complexity index is 1290. The van der Waals surface area contributed by atoms with Crippen molar-refractivity contribution in [1.82, 2.24) is 9.80 Å². The van der Waals surface area contributed by atoms with Gasteiger partial charge in [-0.2, -0.15) is 0 Å². The minimum Gasteiger partial charge on any atom is -0.324 e. The predicted molar refractivity (Wildman–Crippen MR) is 154 cm³/mol. The van der Waals surface area contributed by atoms with Crippen molar-refractivity contribution in [2.45, 2.75) is 45.2 Å². The molecule has 4 amide bonds. The van der Waals surface area contributed by atoms with Gasteiger partial charge in [0.2, 0.25) is 11.8 Å². The maximum atomic E-state index is 12.7. The Hall–Kier alpha value is -4.46. The number of rotatable bonds is 9. The van der Waals surface area contributed by atoms with E-state index in [4.69, 9.17) is 0 Å². The van der Waals surface area contributed by atoms with E-state index in [1.165, 1.54) is 0 Å². The van der Waals surface area contributed by atoms with Crippen LogP contribution in [0.3, 0.4) is 0 Å². The third-order valence-corrected chi connectivity index (χ3v) is 6.68. The number of carbonyl (C=O) groups is 4. The molecule has 8 nitrogen and oxygen atoms in total. The highest BCUT2D eigenvalue weighted by atomic mass is 16.2. The first kappa shape index (κ1) is 27.6. The monoisotopic (exact) mass is 526 g/mol. The van der Waals surface area contributed by atoms with Crippen LogP contribution in [0.1, 0.15) is 44.2 Å². The number of benzene rings is 2. The Labute approximate surface area is 229 Å². The summed E-state index contributed by atoms with van der Waals surface area (Å²) in [5.74, 6) is -0.519. The normalized spacial score (nSPS) is 18.1. The molecule has 0 saturated heterocycles. The van der Waals surface area contributed by atoms with Gasteiger partial charge < -0.3 is 20.4 Å². The fourth-order valence-electron chi connectivity index (χ4n) is 4.55. The molecule has 2 aromatic carbocycles. The Balaban J connectivity index is 1.30. The number of amides is 4. The molecule has 0 bridgehead atoms. The molecule has 8 heteroatoms. The molecule has 0 saturated carbocycles. The molecule has 2 aliphatic heterocycles. The summed E-state index contributed by atoms with van der Waals surface area (Å²) in [6.07, 6.45) is 12.7. The number of nitrogens with one attached hydrogen (secondary N) is 2. The third-order valence-electron chi connectivity index (χ3n) is 6.68. The molecular formula is C31H34N4O4.